The Hall–Kier alpha value is -4.28. The normalized spacial score (nSPS) is 11.8. The van der Waals surface area contributed by atoms with Crippen molar-refractivity contribution in [3.8, 4) is 11.3 Å². The van der Waals surface area contributed by atoms with Gasteiger partial charge in [0.25, 0.3) is 5.91 Å². The highest BCUT2D eigenvalue weighted by Gasteiger charge is 2.16. The van der Waals surface area contributed by atoms with E-state index in [1.54, 1.807) is 0 Å². The molecule has 5 rings (SSSR count). The number of hydrogen-bond donors (Lipinski definition) is 1. The number of carbonyl (C=O) groups is 1. The molecule has 1 N–H and O–H groups in total. The van der Waals surface area contributed by atoms with Crippen LogP contribution in [-0.4, -0.2) is 15.9 Å². The first kappa shape index (κ1) is 28.3. The molecule has 0 aliphatic carbocycles. The minimum Gasteiger partial charge on any atom is -0.346 e. The molecule has 206 valence electrons. The smallest absolute Gasteiger partial charge is 0.251 e. The summed E-state index contributed by atoms with van der Waals surface area (Å²) in [7, 11) is 0. The van der Waals surface area contributed by atoms with Crippen molar-refractivity contribution in [1.82, 2.24) is 15.3 Å². The van der Waals surface area contributed by atoms with Crippen LogP contribution >= 0.6 is 11.6 Å². The van der Waals surface area contributed by atoms with E-state index in [1.165, 1.54) is 16.7 Å². The predicted molar refractivity (Wildman–Crippen MR) is 169 cm³/mol. The number of nitrogens with zero attached hydrogens (tertiary/aromatic N) is 2. The molecule has 41 heavy (non-hydrogen) atoms. The molecule has 0 fully saturated rings. The van der Waals surface area contributed by atoms with Gasteiger partial charge < -0.3 is 5.32 Å². The maximum Gasteiger partial charge on any atom is 0.251 e. The Morgan fingerprint density at radius 2 is 1.66 bits per heavy atom. The number of benzene rings is 4. The van der Waals surface area contributed by atoms with Crippen molar-refractivity contribution in [1.29, 1.82) is 0 Å². The third-order valence-corrected chi connectivity index (χ3v) is 7.54. The van der Waals surface area contributed by atoms with Gasteiger partial charge in [-0.25, -0.2) is 9.97 Å². The van der Waals surface area contributed by atoms with Gasteiger partial charge in [-0.2, -0.15) is 0 Å². The molecule has 5 aromatic rings. The summed E-state index contributed by atoms with van der Waals surface area (Å²) < 4.78 is 0. The molecule has 1 atom stereocenters. The van der Waals surface area contributed by atoms with Gasteiger partial charge in [-0.15, -0.1) is 6.58 Å². The summed E-state index contributed by atoms with van der Waals surface area (Å²) in [6.45, 7) is 7.90. The number of allylic oxidation sites excluding steroid dienone is 1. The van der Waals surface area contributed by atoms with Crippen LogP contribution in [0.4, 0.5) is 0 Å². The van der Waals surface area contributed by atoms with E-state index >= 15 is 0 Å². The lowest BCUT2D eigenvalue weighted by Gasteiger charge is -2.15. The second kappa shape index (κ2) is 12.9. The molecule has 1 aromatic heterocycles. The Bertz CT molecular complexity index is 1680. The lowest BCUT2D eigenvalue weighted by Crippen LogP contribution is -2.26. The van der Waals surface area contributed by atoms with E-state index in [9.17, 15) is 4.79 Å². The second-order valence-electron chi connectivity index (χ2n) is 10.5. The predicted octanol–water partition coefficient (Wildman–Crippen LogP) is 8.65. The molecule has 0 saturated carbocycles. The van der Waals surface area contributed by atoms with Gasteiger partial charge >= 0.3 is 0 Å². The number of aromatic nitrogens is 2. The van der Waals surface area contributed by atoms with Crippen LogP contribution in [0.2, 0.25) is 5.02 Å². The van der Waals surface area contributed by atoms with E-state index in [0.29, 0.717) is 16.1 Å². The highest BCUT2D eigenvalue weighted by molar-refractivity contribution is 6.30. The van der Waals surface area contributed by atoms with Gasteiger partial charge in [-0.3, -0.25) is 4.79 Å². The topological polar surface area (TPSA) is 54.9 Å². The number of aryl methyl sites for hydroxylation is 3. The van der Waals surface area contributed by atoms with Gasteiger partial charge in [0, 0.05) is 16.1 Å². The molecule has 1 unspecified atom stereocenters. The average molecular weight is 560 g/mol. The van der Waals surface area contributed by atoms with Gasteiger partial charge in [0.1, 0.15) is 0 Å². The number of carbonyl (C=O) groups excluding carboxylic acids is 1. The van der Waals surface area contributed by atoms with Gasteiger partial charge in [0.05, 0.1) is 28.5 Å². The van der Waals surface area contributed by atoms with Crippen LogP contribution in [0.25, 0.3) is 22.3 Å². The second-order valence-corrected chi connectivity index (χ2v) is 10.9. The Balaban J connectivity index is 1.41. The van der Waals surface area contributed by atoms with Gasteiger partial charge in [-0.1, -0.05) is 83.9 Å². The molecule has 0 bridgehead atoms. The van der Waals surface area contributed by atoms with E-state index in [0.717, 1.165) is 53.7 Å². The molecular weight excluding hydrogens is 526 g/mol. The third-order valence-electron chi connectivity index (χ3n) is 7.29. The number of halogens is 1. The molecule has 0 saturated heterocycles. The Morgan fingerprint density at radius 1 is 0.902 bits per heavy atom. The van der Waals surface area contributed by atoms with Gasteiger partial charge in [-0.05, 0) is 86.6 Å². The van der Waals surface area contributed by atoms with Crippen molar-refractivity contribution in [2.75, 3.05) is 0 Å². The summed E-state index contributed by atoms with van der Waals surface area (Å²) >= 11 is 6.17. The average Bonchev–Trinajstić information content (AvgIpc) is 2.97. The fraction of sp³-hybridized carbons (Fsp3) is 0.194. The van der Waals surface area contributed by atoms with Crippen LogP contribution in [0.3, 0.4) is 0 Å². The first-order valence-corrected chi connectivity index (χ1v) is 14.4. The summed E-state index contributed by atoms with van der Waals surface area (Å²) in [6.07, 6.45) is 5.41. The Morgan fingerprint density at radius 3 is 2.41 bits per heavy atom. The molecule has 0 radical (unpaired) electrons. The Kier molecular flexibility index (Phi) is 8.91. The third kappa shape index (κ3) is 7.08. The van der Waals surface area contributed by atoms with Crippen LogP contribution in [-0.2, 0) is 19.3 Å². The van der Waals surface area contributed by atoms with Gasteiger partial charge in [0.2, 0.25) is 0 Å². The van der Waals surface area contributed by atoms with Crippen molar-refractivity contribution < 1.29 is 4.79 Å². The number of hydrogen-bond acceptors (Lipinski definition) is 3. The van der Waals surface area contributed by atoms with Gasteiger partial charge in [0.15, 0.2) is 0 Å². The minimum absolute atomic E-state index is 0.113. The zero-order valence-corrected chi connectivity index (χ0v) is 24.3. The van der Waals surface area contributed by atoms with Crippen LogP contribution < -0.4 is 5.32 Å². The van der Waals surface area contributed by atoms with Crippen LogP contribution in [0.15, 0.2) is 104 Å². The maximum absolute atomic E-state index is 13.2. The Labute approximate surface area is 247 Å². The highest BCUT2D eigenvalue weighted by Crippen LogP contribution is 2.27. The monoisotopic (exact) mass is 559 g/mol. The SMILES string of the molecule is C=CCc1cccc(CCCc2nc3cc(C(=O)NC(C)c4ccc(C)cc4)ccc3nc2-c2ccc(Cl)cc2)c1. The maximum atomic E-state index is 13.2. The van der Waals surface area contributed by atoms with Crippen molar-refractivity contribution in [2.45, 2.75) is 45.6 Å². The van der Waals surface area contributed by atoms with Crippen LogP contribution in [0, 0.1) is 6.92 Å². The first-order chi connectivity index (χ1) is 19.9. The first-order valence-electron chi connectivity index (χ1n) is 14.0. The molecule has 0 aliphatic rings. The van der Waals surface area contributed by atoms with Crippen molar-refractivity contribution in [2.24, 2.45) is 0 Å². The van der Waals surface area contributed by atoms with E-state index < -0.39 is 0 Å². The van der Waals surface area contributed by atoms with E-state index in [2.05, 4.69) is 55.2 Å². The fourth-order valence-electron chi connectivity index (χ4n) is 5.00. The van der Waals surface area contributed by atoms with Crippen LogP contribution in [0.1, 0.15) is 57.7 Å². The molecule has 1 heterocycles. The summed E-state index contributed by atoms with van der Waals surface area (Å²) in [4.78, 5) is 23.2. The number of rotatable bonds is 10. The number of amides is 1. The standard InChI is InChI=1S/C36H34ClN3O/c1-4-7-26-8-5-9-27(22-26)10-6-11-33-35(29-16-19-31(37)20-17-29)40-32-21-18-30(23-34(32)39-33)36(41)38-25(3)28-14-12-24(2)13-15-28/h4-5,8-9,12-23,25H,1,6-7,10-11H2,2-3H3,(H,38,41). The minimum atomic E-state index is -0.135. The fourth-order valence-corrected chi connectivity index (χ4v) is 5.13. The van der Waals surface area contributed by atoms with E-state index in [1.807, 2.05) is 67.6 Å². The van der Waals surface area contributed by atoms with Crippen molar-refractivity contribution in [3.63, 3.8) is 0 Å². The number of fused-ring (bicyclic) bond motifs is 1. The number of nitrogens with one attached hydrogen (secondary N) is 1. The zero-order chi connectivity index (χ0) is 28.8. The molecule has 0 aliphatic heterocycles. The molecule has 4 aromatic carbocycles. The molecule has 4 nitrogen and oxygen atoms in total. The highest BCUT2D eigenvalue weighted by atomic mass is 35.5. The van der Waals surface area contributed by atoms with Crippen molar-refractivity contribution in [3.05, 3.63) is 142 Å². The zero-order valence-electron chi connectivity index (χ0n) is 23.5. The van der Waals surface area contributed by atoms with Crippen LogP contribution in [0.5, 0.6) is 0 Å². The lowest BCUT2D eigenvalue weighted by atomic mass is 10.0. The van der Waals surface area contributed by atoms with Crippen molar-refractivity contribution >= 4 is 28.5 Å². The molecule has 1 amide bonds. The molecular formula is C36H34ClN3O. The summed E-state index contributed by atoms with van der Waals surface area (Å²) in [6, 6.07) is 30.0. The van der Waals surface area contributed by atoms with E-state index in [-0.39, 0.29) is 11.9 Å². The van der Waals surface area contributed by atoms with E-state index in [4.69, 9.17) is 21.6 Å². The largest absolute Gasteiger partial charge is 0.346 e. The summed E-state index contributed by atoms with van der Waals surface area (Å²) in [5.74, 6) is -0.135. The molecule has 0 spiro atoms. The summed E-state index contributed by atoms with van der Waals surface area (Å²) in [5.41, 5.74) is 9.58. The quantitative estimate of drug-likeness (QED) is 0.174. The molecule has 5 heteroatoms. The lowest BCUT2D eigenvalue weighted by molar-refractivity contribution is 0.0940. The summed E-state index contributed by atoms with van der Waals surface area (Å²) in [5, 5.41) is 3.79.